The Balaban J connectivity index is 0.716. The Morgan fingerprint density at radius 2 is 1.42 bits per heavy atom. The van der Waals surface area contributed by atoms with Crippen LogP contribution in [0.1, 0.15) is 88.5 Å². The van der Waals surface area contributed by atoms with Crippen LogP contribution >= 0.6 is 11.3 Å². The molecule has 9 rings (SSSR count). The molecule has 374 valence electrons. The summed E-state index contributed by atoms with van der Waals surface area (Å²) >= 11 is 1.49. The Morgan fingerprint density at radius 1 is 0.712 bits per heavy atom. The molecule has 0 spiro atoms. The van der Waals surface area contributed by atoms with Crippen molar-refractivity contribution in [3.05, 3.63) is 189 Å². The number of methoxy groups -OCH3 is 1. The van der Waals surface area contributed by atoms with Crippen molar-refractivity contribution in [1.82, 2.24) is 30.4 Å². The zero-order valence-corrected chi connectivity index (χ0v) is 41.8. The minimum absolute atomic E-state index is 0.170. The summed E-state index contributed by atoms with van der Waals surface area (Å²) in [5, 5.41) is 22.7. The van der Waals surface area contributed by atoms with Gasteiger partial charge in [0.25, 0.3) is 23.6 Å². The van der Waals surface area contributed by atoms with Crippen LogP contribution in [0.25, 0.3) is 11.1 Å². The van der Waals surface area contributed by atoms with Crippen molar-refractivity contribution in [3.8, 4) is 22.6 Å². The molecule has 2 atom stereocenters. The van der Waals surface area contributed by atoms with Crippen LogP contribution in [0.15, 0.2) is 134 Å². The number of aliphatic hydroxyl groups excluding tert-OH is 1. The van der Waals surface area contributed by atoms with Gasteiger partial charge < -0.3 is 30.5 Å². The van der Waals surface area contributed by atoms with Gasteiger partial charge in [0.1, 0.15) is 11.5 Å². The second-order valence-corrected chi connectivity index (χ2v) is 19.4. The van der Waals surface area contributed by atoms with Crippen LogP contribution in [0.3, 0.4) is 0 Å². The van der Waals surface area contributed by atoms with Gasteiger partial charge in [-0.15, -0.1) is 11.3 Å². The van der Waals surface area contributed by atoms with Gasteiger partial charge in [0.2, 0.25) is 0 Å². The van der Waals surface area contributed by atoms with E-state index >= 15 is 0 Å². The fraction of sp³-hybridized carbons (Fsp3) is 0.263. The molecule has 7 aromatic rings. The third-order valence-electron chi connectivity index (χ3n) is 13.3. The Hall–Kier alpha value is -7.76. The molecule has 2 aliphatic heterocycles. The molecule has 4 heterocycles. The van der Waals surface area contributed by atoms with Crippen molar-refractivity contribution in [1.29, 1.82) is 0 Å². The largest absolute Gasteiger partial charge is 0.496 e. The van der Waals surface area contributed by atoms with Crippen LogP contribution in [0, 0.1) is 6.92 Å². The number of pyridine rings is 1. The first-order chi connectivity index (χ1) is 35.5. The molecule has 0 bridgehead atoms. The van der Waals surface area contributed by atoms with E-state index in [9.17, 15) is 24.3 Å². The van der Waals surface area contributed by atoms with Crippen LogP contribution in [-0.4, -0.2) is 95.0 Å². The molecule has 0 radical (unpaired) electrons. The van der Waals surface area contributed by atoms with E-state index in [1.165, 1.54) is 22.5 Å². The van der Waals surface area contributed by atoms with Crippen molar-refractivity contribution in [2.24, 2.45) is 0 Å². The predicted molar refractivity (Wildman–Crippen MR) is 282 cm³/mol. The van der Waals surface area contributed by atoms with Crippen molar-refractivity contribution in [2.45, 2.75) is 51.9 Å². The van der Waals surface area contributed by atoms with E-state index in [1.54, 1.807) is 68.0 Å². The van der Waals surface area contributed by atoms with Gasteiger partial charge in [-0.1, -0.05) is 42.5 Å². The summed E-state index contributed by atoms with van der Waals surface area (Å²) in [5.41, 5.74) is 9.87. The van der Waals surface area contributed by atoms with E-state index in [0.29, 0.717) is 38.9 Å². The number of carbonyl (C=O) groups excluding carboxylic acids is 4. The quantitative estimate of drug-likeness (QED) is 0.0559. The smallest absolute Gasteiger partial charge is 0.262 e. The second kappa shape index (κ2) is 23.2. The number of carbonyl (C=O) groups is 4. The van der Waals surface area contributed by atoms with E-state index in [0.717, 1.165) is 90.6 Å². The number of hydrogen-bond donors (Lipinski definition) is 5. The van der Waals surface area contributed by atoms with Crippen LogP contribution in [0.4, 0.5) is 10.8 Å². The minimum Gasteiger partial charge on any atom is -0.496 e. The number of benzene rings is 5. The summed E-state index contributed by atoms with van der Waals surface area (Å²) in [6.45, 7) is 8.34. The van der Waals surface area contributed by atoms with Gasteiger partial charge in [-0.05, 0) is 138 Å². The fourth-order valence-corrected chi connectivity index (χ4v) is 10.2. The zero-order chi connectivity index (χ0) is 50.8. The number of nitrogens with one attached hydrogen (secondary N) is 4. The first-order valence-electron chi connectivity index (χ1n) is 24.3. The number of anilines is 2. The highest BCUT2D eigenvalue weighted by atomic mass is 32.1. The Bertz CT molecular complexity index is 3110. The topological polar surface area (TPSA) is 187 Å². The van der Waals surface area contributed by atoms with Gasteiger partial charge in [0, 0.05) is 85.3 Å². The van der Waals surface area contributed by atoms with E-state index in [4.69, 9.17) is 14.5 Å². The maximum absolute atomic E-state index is 13.5. The third-order valence-corrected chi connectivity index (χ3v) is 14.3. The van der Waals surface area contributed by atoms with E-state index < -0.39 is 6.04 Å². The van der Waals surface area contributed by atoms with Gasteiger partial charge in [-0.3, -0.25) is 39.3 Å². The molecule has 2 aromatic heterocycles. The SMILES string of the molecule is COc1ccc(C(=O)N[C@H](CO)c2cccc(C(=O)Nc3nc4c(s3)CN(CCN3CCc5ccc(NC(=O)COc6cccc(C(C)NC(=O)c7ccc(-c8ccncc8)cc7)c6)cc5C3)CC4)c2)cc1C. The van der Waals surface area contributed by atoms with Gasteiger partial charge in [-0.25, -0.2) is 4.98 Å². The molecule has 16 heteroatoms. The first kappa shape index (κ1) is 50.2. The molecule has 1 unspecified atom stereocenters. The van der Waals surface area contributed by atoms with Crippen LogP contribution < -0.4 is 30.7 Å². The molecule has 0 fully saturated rings. The van der Waals surface area contributed by atoms with Crippen molar-refractivity contribution >= 4 is 45.8 Å². The summed E-state index contributed by atoms with van der Waals surface area (Å²) in [6.07, 6.45) is 5.18. The van der Waals surface area contributed by atoms with Crippen molar-refractivity contribution in [2.75, 3.05) is 57.1 Å². The Kier molecular flexibility index (Phi) is 15.9. The maximum Gasteiger partial charge on any atom is 0.262 e. The monoisotopic (exact) mass is 998 g/mol. The number of aryl methyl sites for hydroxylation is 1. The van der Waals surface area contributed by atoms with Crippen LogP contribution in [0.5, 0.6) is 11.5 Å². The summed E-state index contributed by atoms with van der Waals surface area (Å²) in [6, 6.07) is 35.8. The lowest BCUT2D eigenvalue weighted by molar-refractivity contribution is -0.118. The predicted octanol–water partition coefficient (Wildman–Crippen LogP) is 8.16. The lowest BCUT2D eigenvalue weighted by Crippen LogP contribution is -2.39. The number of rotatable bonds is 18. The number of aliphatic hydroxyl groups is 1. The van der Waals surface area contributed by atoms with Crippen molar-refractivity contribution < 1.29 is 33.8 Å². The number of aromatic nitrogens is 2. The van der Waals surface area contributed by atoms with Gasteiger partial charge in [0.05, 0.1) is 31.5 Å². The molecular weight excluding hydrogens is 941 g/mol. The van der Waals surface area contributed by atoms with Gasteiger partial charge >= 0.3 is 0 Å². The average molecular weight is 999 g/mol. The third kappa shape index (κ3) is 12.7. The van der Waals surface area contributed by atoms with Crippen molar-refractivity contribution in [3.63, 3.8) is 0 Å². The first-order valence-corrected chi connectivity index (χ1v) is 25.2. The molecule has 0 aliphatic carbocycles. The number of nitrogens with zero attached hydrogens (tertiary/aromatic N) is 4. The summed E-state index contributed by atoms with van der Waals surface area (Å²) in [4.78, 5) is 67.6. The number of fused-ring (bicyclic) bond motifs is 2. The summed E-state index contributed by atoms with van der Waals surface area (Å²) in [7, 11) is 1.57. The summed E-state index contributed by atoms with van der Waals surface area (Å²) < 4.78 is 11.2. The molecule has 5 aromatic carbocycles. The Labute approximate surface area is 428 Å². The standard InChI is InChI=1S/C57H58N8O7S/c1-36-28-45(15-17-51(36)71-3)55(69)61-50(34-66)43-7-4-8-44(29-43)56(70)63-57-62-49-21-25-65(33-52(49)73-57)27-26-64-24-20-39-14-16-47(30-46(39)32-64)60-53(67)35-72-48-9-5-6-42(31-48)37(2)59-54(68)41-12-10-38(11-13-41)40-18-22-58-23-19-40/h4-19,22-23,28-31,37,50,66H,20-21,24-27,32-35H2,1-3H3,(H,59,68)(H,60,67)(H,61,69)(H,62,63,70)/t37?,50-/m1/s1. The highest BCUT2D eigenvalue weighted by Gasteiger charge is 2.25. The molecule has 2 aliphatic rings. The molecule has 15 nitrogen and oxygen atoms in total. The normalized spacial score (nSPS) is 14.2. The van der Waals surface area contributed by atoms with Crippen LogP contribution in [0.2, 0.25) is 0 Å². The molecule has 5 N–H and O–H groups in total. The second-order valence-electron chi connectivity index (χ2n) is 18.3. The van der Waals surface area contributed by atoms with E-state index in [-0.39, 0.29) is 42.9 Å². The maximum atomic E-state index is 13.5. The van der Waals surface area contributed by atoms with E-state index in [2.05, 4.69) is 48.2 Å². The zero-order valence-electron chi connectivity index (χ0n) is 41.0. The van der Waals surface area contributed by atoms with Gasteiger partial charge in [0.15, 0.2) is 11.7 Å². The van der Waals surface area contributed by atoms with Crippen LogP contribution in [-0.2, 0) is 30.7 Å². The fourth-order valence-electron chi connectivity index (χ4n) is 9.16. The number of ether oxygens (including phenoxy) is 2. The Morgan fingerprint density at radius 3 is 2.21 bits per heavy atom. The lowest BCUT2D eigenvalue weighted by Gasteiger charge is -2.32. The highest BCUT2D eigenvalue weighted by Crippen LogP contribution is 2.30. The number of hydrogen-bond acceptors (Lipinski definition) is 12. The van der Waals surface area contributed by atoms with Gasteiger partial charge in [-0.2, -0.15) is 0 Å². The molecule has 0 saturated carbocycles. The number of thiazole rings is 1. The molecular formula is C57H58N8O7S. The van der Waals surface area contributed by atoms with E-state index in [1.807, 2.05) is 74.5 Å². The minimum atomic E-state index is -0.719. The average Bonchev–Trinajstić information content (AvgIpc) is 3.82. The highest BCUT2D eigenvalue weighted by molar-refractivity contribution is 7.15. The molecule has 4 amide bonds. The molecule has 0 saturated heterocycles. The number of amides is 4. The lowest BCUT2D eigenvalue weighted by atomic mass is 9.99. The molecule has 73 heavy (non-hydrogen) atoms. The summed E-state index contributed by atoms with van der Waals surface area (Å²) in [5.74, 6) is 0.0811.